The number of aryl methyl sites for hydroxylation is 1. The van der Waals surface area contributed by atoms with Crippen molar-refractivity contribution in [3.8, 4) is 0 Å². The molecule has 31 heavy (non-hydrogen) atoms. The summed E-state index contributed by atoms with van der Waals surface area (Å²) in [6, 6.07) is 22.3. The smallest absolute Gasteiger partial charge is 0.251 e. The minimum Gasteiger partial charge on any atom is -0.361 e. The number of primary sulfonamides is 1. The summed E-state index contributed by atoms with van der Waals surface area (Å²) in [6.45, 7) is 2.11. The lowest BCUT2D eigenvalue weighted by molar-refractivity contribution is 0.0951. The Morgan fingerprint density at radius 2 is 1.74 bits per heavy atom. The second-order valence-electron chi connectivity index (χ2n) is 7.48. The highest BCUT2D eigenvalue weighted by Crippen LogP contribution is 2.30. The highest BCUT2D eigenvalue weighted by molar-refractivity contribution is 7.89. The van der Waals surface area contributed by atoms with Crippen LogP contribution in [0, 0.1) is 6.92 Å². The number of amides is 1. The van der Waals surface area contributed by atoms with Gasteiger partial charge in [-0.1, -0.05) is 54.6 Å². The molecule has 1 heterocycles. The Morgan fingerprint density at radius 1 is 1.03 bits per heavy atom. The lowest BCUT2D eigenvalue weighted by atomic mass is 9.91. The van der Waals surface area contributed by atoms with Crippen molar-refractivity contribution in [2.45, 2.75) is 17.7 Å². The van der Waals surface area contributed by atoms with Gasteiger partial charge in [0.2, 0.25) is 10.0 Å². The van der Waals surface area contributed by atoms with Crippen molar-refractivity contribution in [3.05, 3.63) is 101 Å². The van der Waals surface area contributed by atoms with Gasteiger partial charge in [-0.25, -0.2) is 13.6 Å². The van der Waals surface area contributed by atoms with E-state index in [1.54, 1.807) is 13.0 Å². The van der Waals surface area contributed by atoms with E-state index >= 15 is 0 Å². The molecule has 1 amide bonds. The monoisotopic (exact) mass is 433 g/mol. The normalized spacial score (nSPS) is 12.6. The molecule has 4 rings (SSSR count). The predicted octanol–water partition coefficient (Wildman–Crippen LogP) is 3.69. The van der Waals surface area contributed by atoms with E-state index in [0.29, 0.717) is 12.1 Å². The summed E-state index contributed by atoms with van der Waals surface area (Å²) in [5.74, 6) is -0.424. The number of aromatic nitrogens is 1. The standard InChI is InChI=1S/C24H23N3O3S/c1-16-11-12-18(31(25,29)30)13-20(16)24(28)27-14-21(17-7-3-2-4-8-17)22-15-26-23-10-6-5-9-19(22)23/h2-13,15,21,26H,14H2,1H3,(H,27,28)(H2,25,29,30). The van der Waals surface area contributed by atoms with Gasteiger partial charge in [-0.3, -0.25) is 4.79 Å². The lowest BCUT2D eigenvalue weighted by Gasteiger charge is -2.19. The molecule has 0 radical (unpaired) electrons. The average Bonchev–Trinajstić information content (AvgIpc) is 3.18. The van der Waals surface area contributed by atoms with Crippen LogP contribution in [-0.4, -0.2) is 25.9 Å². The number of aromatic amines is 1. The Bertz CT molecular complexity index is 1350. The van der Waals surface area contributed by atoms with Crippen LogP contribution in [0.5, 0.6) is 0 Å². The van der Waals surface area contributed by atoms with E-state index in [-0.39, 0.29) is 22.3 Å². The van der Waals surface area contributed by atoms with Gasteiger partial charge in [0, 0.05) is 35.1 Å². The van der Waals surface area contributed by atoms with Crippen molar-refractivity contribution in [1.82, 2.24) is 10.3 Å². The number of sulfonamides is 1. The zero-order valence-electron chi connectivity index (χ0n) is 17.0. The van der Waals surface area contributed by atoms with Crippen LogP contribution in [0.25, 0.3) is 10.9 Å². The summed E-state index contributed by atoms with van der Waals surface area (Å²) in [5.41, 5.74) is 4.15. The molecule has 0 saturated carbocycles. The molecule has 1 atom stereocenters. The maximum absolute atomic E-state index is 13.0. The number of nitrogens with one attached hydrogen (secondary N) is 2. The fourth-order valence-corrected chi connectivity index (χ4v) is 4.33. The number of carbonyl (C=O) groups is 1. The molecule has 4 N–H and O–H groups in total. The molecule has 0 aliphatic heterocycles. The summed E-state index contributed by atoms with van der Waals surface area (Å²) in [5, 5.41) is 9.31. The van der Waals surface area contributed by atoms with Crippen LogP contribution in [0.2, 0.25) is 0 Å². The fourth-order valence-electron chi connectivity index (χ4n) is 3.79. The third kappa shape index (κ3) is 4.38. The van der Waals surface area contributed by atoms with E-state index < -0.39 is 10.0 Å². The topological polar surface area (TPSA) is 105 Å². The molecule has 1 unspecified atom stereocenters. The van der Waals surface area contributed by atoms with Crippen LogP contribution in [0.15, 0.2) is 83.9 Å². The SMILES string of the molecule is Cc1ccc(S(N)(=O)=O)cc1C(=O)NCC(c1ccccc1)c1c[nH]c2ccccc12. The Balaban J connectivity index is 1.66. The molecule has 3 aromatic carbocycles. The molecule has 6 nitrogen and oxygen atoms in total. The molecule has 0 saturated heterocycles. The quantitative estimate of drug-likeness (QED) is 0.432. The lowest BCUT2D eigenvalue weighted by Crippen LogP contribution is -2.29. The first-order valence-corrected chi connectivity index (χ1v) is 11.4. The van der Waals surface area contributed by atoms with Gasteiger partial charge in [0.15, 0.2) is 0 Å². The van der Waals surface area contributed by atoms with E-state index in [2.05, 4.69) is 16.4 Å². The van der Waals surface area contributed by atoms with Crippen molar-refractivity contribution in [1.29, 1.82) is 0 Å². The van der Waals surface area contributed by atoms with E-state index in [4.69, 9.17) is 5.14 Å². The van der Waals surface area contributed by atoms with E-state index in [1.165, 1.54) is 12.1 Å². The molecule has 0 bridgehead atoms. The first-order valence-electron chi connectivity index (χ1n) is 9.87. The van der Waals surface area contributed by atoms with Crippen molar-refractivity contribution in [2.24, 2.45) is 5.14 Å². The Kier molecular flexibility index (Phi) is 5.63. The zero-order valence-corrected chi connectivity index (χ0v) is 17.8. The van der Waals surface area contributed by atoms with Crippen molar-refractivity contribution in [2.75, 3.05) is 6.54 Å². The third-order valence-corrected chi connectivity index (χ3v) is 6.36. The number of carbonyl (C=O) groups excluding carboxylic acids is 1. The van der Waals surface area contributed by atoms with Crippen LogP contribution < -0.4 is 10.5 Å². The Hall–Kier alpha value is -3.42. The minimum atomic E-state index is -3.89. The molecular formula is C24H23N3O3S. The van der Waals surface area contributed by atoms with Gasteiger partial charge in [0.25, 0.3) is 5.91 Å². The largest absolute Gasteiger partial charge is 0.361 e. The zero-order chi connectivity index (χ0) is 22.0. The number of H-pyrrole nitrogens is 1. The van der Waals surface area contributed by atoms with E-state index in [1.807, 2.05) is 54.7 Å². The van der Waals surface area contributed by atoms with E-state index in [9.17, 15) is 13.2 Å². The molecule has 0 spiro atoms. The first kappa shape index (κ1) is 20.8. The summed E-state index contributed by atoms with van der Waals surface area (Å²) < 4.78 is 23.4. The fraction of sp³-hybridized carbons (Fsp3) is 0.125. The molecular weight excluding hydrogens is 410 g/mol. The van der Waals surface area contributed by atoms with Gasteiger partial charge in [-0.2, -0.15) is 0 Å². The highest BCUT2D eigenvalue weighted by atomic mass is 32.2. The highest BCUT2D eigenvalue weighted by Gasteiger charge is 2.20. The number of hydrogen-bond donors (Lipinski definition) is 3. The van der Waals surface area contributed by atoms with Crippen LogP contribution in [-0.2, 0) is 10.0 Å². The molecule has 158 valence electrons. The van der Waals surface area contributed by atoms with Crippen LogP contribution in [0.1, 0.15) is 33.0 Å². The van der Waals surface area contributed by atoms with Crippen molar-refractivity contribution < 1.29 is 13.2 Å². The third-order valence-electron chi connectivity index (χ3n) is 5.45. The molecule has 0 aliphatic rings. The molecule has 0 fully saturated rings. The van der Waals surface area contributed by atoms with Gasteiger partial charge in [-0.05, 0) is 41.8 Å². The van der Waals surface area contributed by atoms with Crippen LogP contribution in [0.3, 0.4) is 0 Å². The number of fused-ring (bicyclic) bond motifs is 1. The summed E-state index contributed by atoms with van der Waals surface area (Å²) in [7, 11) is -3.89. The second-order valence-corrected chi connectivity index (χ2v) is 9.05. The van der Waals surface area contributed by atoms with Gasteiger partial charge < -0.3 is 10.3 Å². The molecule has 1 aromatic heterocycles. The maximum atomic E-state index is 13.0. The molecule has 7 heteroatoms. The number of benzene rings is 3. The number of hydrogen-bond acceptors (Lipinski definition) is 3. The van der Waals surface area contributed by atoms with Gasteiger partial charge in [0.05, 0.1) is 4.90 Å². The van der Waals surface area contributed by atoms with Crippen LogP contribution >= 0.6 is 0 Å². The number of para-hydroxylation sites is 1. The Morgan fingerprint density at radius 3 is 2.48 bits per heavy atom. The number of nitrogens with two attached hydrogens (primary N) is 1. The van der Waals surface area contributed by atoms with Crippen molar-refractivity contribution >= 4 is 26.8 Å². The number of rotatable bonds is 6. The maximum Gasteiger partial charge on any atom is 0.251 e. The van der Waals surface area contributed by atoms with Crippen LogP contribution in [0.4, 0.5) is 0 Å². The van der Waals surface area contributed by atoms with Crippen molar-refractivity contribution in [3.63, 3.8) is 0 Å². The molecule has 4 aromatic rings. The average molecular weight is 434 g/mol. The van der Waals surface area contributed by atoms with Gasteiger partial charge >= 0.3 is 0 Å². The summed E-state index contributed by atoms with van der Waals surface area (Å²) in [6.07, 6.45) is 1.97. The molecule has 0 aliphatic carbocycles. The Labute approximate surface area is 181 Å². The summed E-state index contributed by atoms with van der Waals surface area (Å²) in [4.78, 5) is 16.2. The van der Waals surface area contributed by atoms with Gasteiger partial charge in [-0.15, -0.1) is 0 Å². The van der Waals surface area contributed by atoms with Gasteiger partial charge in [0.1, 0.15) is 0 Å². The minimum absolute atomic E-state index is 0.0805. The summed E-state index contributed by atoms with van der Waals surface area (Å²) >= 11 is 0. The van der Waals surface area contributed by atoms with E-state index in [0.717, 1.165) is 22.0 Å². The second kappa shape index (κ2) is 8.37. The predicted molar refractivity (Wildman–Crippen MR) is 121 cm³/mol. The first-order chi connectivity index (χ1) is 14.8.